The summed E-state index contributed by atoms with van der Waals surface area (Å²) in [6.07, 6.45) is -13.4. The highest BCUT2D eigenvalue weighted by Gasteiger charge is 2.59. The molecule has 4 aliphatic rings. The fourth-order valence-corrected chi connectivity index (χ4v) is 9.10. The van der Waals surface area contributed by atoms with Crippen molar-refractivity contribution in [1.29, 1.82) is 0 Å². The molecular formula is C50H47N3O24. The summed E-state index contributed by atoms with van der Waals surface area (Å²) in [7, 11) is 2.03. The van der Waals surface area contributed by atoms with E-state index in [0.717, 1.165) is 55.8 Å². The van der Waals surface area contributed by atoms with Crippen LogP contribution in [0.4, 0.5) is 10.5 Å². The van der Waals surface area contributed by atoms with E-state index >= 15 is 0 Å². The fraction of sp³-hybridized carbons (Fsp3) is 0.380. The maximum Gasteiger partial charge on any atom is 0.340 e. The second-order valence-electron chi connectivity index (χ2n) is 17.2. The molecule has 0 radical (unpaired) electrons. The topological polar surface area (TPSA) is 330 Å². The number of carbonyl (C=O) groups excluding carboxylic acids is 10. The summed E-state index contributed by atoms with van der Waals surface area (Å²) in [5.74, 6) is -9.05. The molecule has 406 valence electrons. The zero-order chi connectivity index (χ0) is 55.6. The van der Waals surface area contributed by atoms with Crippen molar-refractivity contribution in [2.24, 2.45) is 0 Å². The van der Waals surface area contributed by atoms with Crippen molar-refractivity contribution in [3.63, 3.8) is 0 Å². The predicted octanol–water partition coefficient (Wildman–Crippen LogP) is 2.67. The highest BCUT2D eigenvalue weighted by molar-refractivity contribution is 6.00. The van der Waals surface area contributed by atoms with Crippen molar-refractivity contribution >= 4 is 65.4 Å². The molecule has 1 aromatic heterocycles. The zero-order valence-corrected chi connectivity index (χ0v) is 41.9. The molecule has 5 heterocycles. The second kappa shape index (κ2) is 22.0. The van der Waals surface area contributed by atoms with E-state index in [1.54, 1.807) is 6.07 Å². The number of benzene rings is 3. The molecule has 2 fully saturated rings. The highest BCUT2D eigenvalue weighted by Crippen LogP contribution is 2.57. The van der Waals surface area contributed by atoms with Crippen LogP contribution >= 0.6 is 0 Å². The first-order chi connectivity index (χ1) is 36.6. The van der Waals surface area contributed by atoms with Gasteiger partial charge in [-0.15, -0.1) is 0 Å². The summed E-state index contributed by atoms with van der Waals surface area (Å²) in [4.78, 5) is 132. The number of esters is 9. The highest BCUT2D eigenvalue weighted by atomic mass is 16.8. The third kappa shape index (κ3) is 11.0. The minimum atomic E-state index is -1.87. The number of rotatable bonds is 13. The minimum absolute atomic E-state index is 0.00735. The Balaban J connectivity index is 1.23. The zero-order valence-electron chi connectivity index (χ0n) is 41.9. The summed E-state index contributed by atoms with van der Waals surface area (Å²) in [5.41, 5.74) is -1.06. The molecule has 0 saturated carbocycles. The van der Waals surface area contributed by atoms with E-state index in [0.29, 0.717) is 0 Å². The quantitative estimate of drug-likeness (QED) is 0.149. The number of methoxy groups -OCH3 is 2. The van der Waals surface area contributed by atoms with Gasteiger partial charge in [-0.1, -0.05) is 6.07 Å². The summed E-state index contributed by atoms with van der Waals surface area (Å²) in [6, 6.07) is 12.2. The van der Waals surface area contributed by atoms with Crippen molar-refractivity contribution < 1.29 is 114 Å². The van der Waals surface area contributed by atoms with Gasteiger partial charge in [-0.3, -0.25) is 33.3 Å². The van der Waals surface area contributed by atoms with E-state index in [1.807, 2.05) is 0 Å². The molecule has 10 atom stereocenters. The first-order valence-electron chi connectivity index (χ1n) is 23.1. The lowest BCUT2D eigenvalue weighted by Gasteiger charge is -2.43. The Hall–Kier alpha value is -9.11. The average molecular weight is 1070 g/mol. The monoisotopic (exact) mass is 1070 g/mol. The van der Waals surface area contributed by atoms with Crippen LogP contribution in [0.1, 0.15) is 68.6 Å². The summed E-state index contributed by atoms with van der Waals surface area (Å²) >= 11 is 0. The average Bonchev–Trinajstić information content (AvgIpc) is 4.18. The first-order valence-corrected chi connectivity index (χ1v) is 23.1. The summed E-state index contributed by atoms with van der Waals surface area (Å²) in [6.45, 7) is 6.13. The number of aromatic nitrogens is 2. The van der Waals surface area contributed by atoms with Crippen molar-refractivity contribution in [1.82, 2.24) is 9.55 Å². The number of nitrogens with one attached hydrogen (secondary N) is 1. The number of hydrogen-bond donors (Lipinski definition) is 1. The molecule has 1 N–H and O–H groups in total. The Morgan fingerprint density at radius 2 is 0.987 bits per heavy atom. The maximum atomic E-state index is 14.2. The summed E-state index contributed by atoms with van der Waals surface area (Å²) in [5, 5.41) is 2.70. The smallest absolute Gasteiger partial charge is 0.340 e. The van der Waals surface area contributed by atoms with Crippen LogP contribution in [0.25, 0.3) is 0 Å². The van der Waals surface area contributed by atoms with Gasteiger partial charge in [0.05, 0.1) is 19.8 Å². The Bertz CT molecular complexity index is 2910. The van der Waals surface area contributed by atoms with Crippen molar-refractivity contribution in [2.45, 2.75) is 109 Å². The summed E-state index contributed by atoms with van der Waals surface area (Å²) < 4.78 is 81.1. The van der Waals surface area contributed by atoms with Gasteiger partial charge in [0.25, 0.3) is 0 Å². The molecule has 1 spiro atoms. The van der Waals surface area contributed by atoms with Gasteiger partial charge in [0, 0.05) is 88.4 Å². The van der Waals surface area contributed by atoms with E-state index in [4.69, 9.17) is 66.3 Å². The van der Waals surface area contributed by atoms with Crippen LogP contribution in [0.5, 0.6) is 23.0 Å². The normalized spacial score (nSPS) is 25.5. The Labute approximate surface area is 435 Å². The molecule has 77 heavy (non-hydrogen) atoms. The molecule has 4 aromatic rings. The van der Waals surface area contributed by atoms with Crippen molar-refractivity contribution in [2.75, 3.05) is 19.5 Å². The molecule has 10 unspecified atom stereocenters. The van der Waals surface area contributed by atoms with E-state index in [2.05, 4.69) is 10.3 Å². The molecule has 8 rings (SSSR count). The first kappa shape index (κ1) is 54.2. The maximum absolute atomic E-state index is 14.2. The number of amides is 1. The third-order valence-corrected chi connectivity index (χ3v) is 11.9. The molecule has 27 nitrogen and oxygen atoms in total. The lowest BCUT2D eigenvalue weighted by atomic mass is 9.77. The van der Waals surface area contributed by atoms with Crippen LogP contribution in [-0.2, 0) is 96.1 Å². The molecule has 3 aromatic carbocycles. The number of carbonyl (C=O) groups is 10. The number of fused-ring (bicyclic) bond motifs is 6. The number of anilines is 1. The minimum Gasteiger partial charge on any atom is -0.467 e. The number of nitrogens with zero attached hydrogens (tertiary/aromatic N) is 2. The molecule has 27 heteroatoms. The number of ether oxygens (including phenoxy) is 14. The van der Waals surface area contributed by atoms with Gasteiger partial charge in [0.15, 0.2) is 42.2 Å². The lowest BCUT2D eigenvalue weighted by Crippen LogP contribution is -2.64. The fourth-order valence-electron chi connectivity index (χ4n) is 9.10. The molecule has 2 saturated heterocycles. The molecule has 4 aliphatic heterocycles. The van der Waals surface area contributed by atoms with Gasteiger partial charge >= 0.3 is 59.8 Å². The predicted molar refractivity (Wildman–Crippen MR) is 247 cm³/mol. The van der Waals surface area contributed by atoms with E-state index < -0.39 is 127 Å². The van der Waals surface area contributed by atoms with Crippen LogP contribution in [0.3, 0.4) is 0 Å². The number of imidazole rings is 1. The van der Waals surface area contributed by atoms with Crippen LogP contribution in [0, 0.1) is 0 Å². The second-order valence-corrected chi connectivity index (χ2v) is 17.2. The molecule has 1 amide bonds. The Morgan fingerprint density at radius 1 is 0.558 bits per heavy atom. The van der Waals surface area contributed by atoms with Gasteiger partial charge in [0.1, 0.15) is 29.3 Å². The van der Waals surface area contributed by atoms with Crippen LogP contribution in [-0.4, -0.2) is 145 Å². The molecule has 0 bridgehead atoms. The Kier molecular flexibility index (Phi) is 15.5. The number of hydrogen-bond acceptors (Lipinski definition) is 25. The van der Waals surface area contributed by atoms with Gasteiger partial charge in [-0.25, -0.2) is 24.2 Å². The van der Waals surface area contributed by atoms with E-state index in [9.17, 15) is 47.9 Å². The van der Waals surface area contributed by atoms with Crippen molar-refractivity contribution in [3.05, 3.63) is 95.6 Å². The van der Waals surface area contributed by atoms with Crippen LogP contribution in [0.2, 0.25) is 0 Å². The van der Waals surface area contributed by atoms with Crippen molar-refractivity contribution in [3.8, 4) is 23.0 Å². The molecular weight excluding hydrogens is 1030 g/mol. The van der Waals surface area contributed by atoms with Gasteiger partial charge < -0.3 is 71.6 Å². The Morgan fingerprint density at radius 3 is 1.40 bits per heavy atom. The SMILES string of the molecule is COC(=O)C1OC(Oc2ccc3c(c2)Oc2cc(OC4OC(C(=O)OC)C(OC(C)=O)C(OC(C)=O)C4OC(C)=O)ccc2C32OC(=O)c3cc(NC(=O)n4ccnc4)ccc32)C(OC(C)=O)C(OC(C)=O)C1OC(C)=O. The van der Waals surface area contributed by atoms with E-state index in [-0.39, 0.29) is 50.9 Å². The van der Waals surface area contributed by atoms with Gasteiger partial charge in [0.2, 0.25) is 24.8 Å². The largest absolute Gasteiger partial charge is 0.467 e. The third-order valence-electron chi connectivity index (χ3n) is 11.9. The molecule has 0 aliphatic carbocycles. The van der Waals surface area contributed by atoms with Crippen LogP contribution in [0.15, 0.2) is 73.3 Å². The van der Waals surface area contributed by atoms with E-state index in [1.165, 1.54) is 71.8 Å². The van der Waals surface area contributed by atoms with Crippen LogP contribution < -0.4 is 19.5 Å². The van der Waals surface area contributed by atoms with Gasteiger partial charge in [-0.2, -0.15) is 0 Å². The standard InChI is InChI=1S/C50H47N3O24/c1-21(54)66-36-38(68-23(3)56)42(70-25(5)58)47(75-40(36)45(61)64-7)72-28-10-13-32-34(18-28)74-35-19-29(73-48-43(71-26(6)59)39(69-24(4)57)37(67-22(2)55)41(76-48)46(62)65-8)11-14-33(35)50(32)31-12-9-27(17-30(31)44(60)77-50)52-49(63)53-16-15-51-20-53/h9-20,36-43,47-48H,1-8H3,(H,52,63). The van der Waals surface area contributed by atoms with Gasteiger partial charge in [-0.05, 0) is 36.4 Å². The lowest BCUT2D eigenvalue weighted by molar-refractivity contribution is -0.282.